The molecule has 1 heterocycles. The highest BCUT2D eigenvalue weighted by Crippen LogP contribution is 2.12. The second kappa shape index (κ2) is 10.8. The van der Waals surface area contributed by atoms with Crippen LogP contribution in [0, 0.1) is 5.92 Å². The largest absolute Gasteiger partial charge is 0.466 e. The van der Waals surface area contributed by atoms with E-state index < -0.39 is 12.0 Å². The minimum atomic E-state index is -0.462. The summed E-state index contributed by atoms with van der Waals surface area (Å²) in [5, 5.41) is 6.11. The summed E-state index contributed by atoms with van der Waals surface area (Å²) in [6.45, 7) is 4.59. The van der Waals surface area contributed by atoms with E-state index in [1.54, 1.807) is 0 Å². The van der Waals surface area contributed by atoms with Gasteiger partial charge in [0, 0.05) is 12.6 Å². The molecule has 7 heteroatoms. The van der Waals surface area contributed by atoms with Crippen molar-refractivity contribution in [2.75, 3.05) is 12.4 Å². The number of methoxy groups -OCH3 is 1. The molecule has 1 aromatic carbocycles. The summed E-state index contributed by atoms with van der Waals surface area (Å²) < 4.78 is 4.54. The fourth-order valence-corrected chi connectivity index (χ4v) is 2.51. The molecule has 28 heavy (non-hydrogen) atoms. The molecule has 2 N–H and O–H groups in total. The van der Waals surface area contributed by atoms with Crippen LogP contribution in [-0.4, -0.2) is 35.0 Å². The molecule has 0 aliphatic heterocycles. The van der Waals surface area contributed by atoms with Gasteiger partial charge < -0.3 is 15.4 Å². The Labute approximate surface area is 165 Å². The second-order valence-electron chi connectivity index (χ2n) is 6.71. The fourth-order valence-electron chi connectivity index (χ4n) is 2.51. The maximum absolute atomic E-state index is 12.6. The summed E-state index contributed by atoms with van der Waals surface area (Å²) in [6, 6.07) is 9.34. The number of nitrogens with zero attached hydrogens (tertiary/aromatic N) is 2. The summed E-state index contributed by atoms with van der Waals surface area (Å²) in [6.07, 6.45) is 6.51. The molecule has 0 saturated heterocycles. The number of benzene rings is 1. The van der Waals surface area contributed by atoms with Gasteiger partial charge in [0.25, 0.3) is 0 Å². The van der Waals surface area contributed by atoms with Gasteiger partial charge in [-0.1, -0.05) is 44.2 Å². The van der Waals surface area contributed by atoms with E-state index in [2.05, 4.69) is 39.2 Å². The molecule has 2 rings (SSSR count). The van der Waals surface area contributed by atoms with E-state index in [1.165, 1.54) is 31.7 Å². The van der Waals surface area contributed by atoms with E-state index in [0.717, 1.165) is 5.56 Å². The summed E-state index contributed by atoms with van der Waals surface area (Å²) in [5.74, 6) is 0.274. The van der Waals surface area contributed by atoms with Crippen LogP contribution >= 0.6 is 0 Å². The van der Waals surface area contributed by atoms with Gasteiger partial charge in [-0.2, -0.15) is 0 Å². The van der Waals surface area contributed by atoms with E-state index >= 15 is 0 Å². The zero-order valence-electron chi connectivity index (χ0n) is 16.4. The van der Waals surface area contributed by atoms with Crippen LogP contribution in [0.5, 0.6) is 0 Å². The van der Waals surface area contributed by atoms with Crippen molar-refractivity contribution in [3.63, 3.8) is 0 Å². The van der Waals surface area contributed by atoms with Gasteiger partial charge in [0.05, 0.1) is 25.2 Å². The molecule has 7 nitrogen and oxygen atoms in total. The van der Waals surface area contributed by atoms with Crippen molar-refractivity contribution >= 4 is 23.8 Å². The Morgan fingerprint density at radius 3 is 2.50 bits per heavy atom. The van der Waals surface area contributed by atoms with Gasteiger partial charge in [-0.3, -0.25) is 9.78 Å². The highest BCUT2D eigenvalue weighted by molar-refractivity contribution is 5.86. The summed E-state index contributed by atoms with van der Waals surface area (Å²) in [4.78, 5) is 32.3. The first-order chi connectivity index (χ1) is 13.5. The summed E-state index contributed by atoms with van der Waals surface area (Å²) >= 11 is 0. The molecule has 1 atom stereocenters. The first-order valence-corrected chi connectivity index (χ1v) is 9.14. The molecular weight excluding hydrogens is 356 g/mol. The van der Waals surface area contributed by atoms with E-state index in [1.807, 2.05) is 30.3 Å². The summed E-state index contributed by atoms with van der Waals surface area (Å²) in [7, 11) is 1.31. The van der Waals surface area contributed by atoms with Gasteiger partial charge in [-0.15, -0.1) is 0 Å². The van der Waals surface area contributed by atoms with Gasteiger partial charge in [0.2, 0.25) is 5.91 Å². The predicted molar refractivity (Wildman–Crippen MR) is 108 cm³/mol. The molecule has 0 bridgehead atoms. The smallest absolute Gasteiger partial charge is 0.330 e. The Bertz CT molecular complexity index is 789. The van der Waals surface area contributed by atoms with Gasteiger partial charge in [-0.25, -0.2) is 9.78 Å². The quantitative estimate of drug-likeness (QED) is 0.512. The van der Waals surface area contributed by atoms with Crippen molar-refractivity contribution in [2.45, 2.75) is 32.9 Å². The van der Waals surface area contributed by atoms with Crippen LogP contribution in [-0.2, 0) is 20.9 Å². The number of hydrogen-bond donors (Lipinski definition) is 2. The topological polar surface area (TPSA) is 93.2 Å². The van der Waals surface area contributed by atoms with Crippen LogP contribution in [0.2, 0.25) is 0 Å². The minimum absolute atomic E-state index is 0.0889. The van der Waals surface area contributed by atoms with Crippen LogP contribution in [0.25, 0.3) is 6.08 Å². The Morgan fingerprint density at radius 1 is 1.14 bits per heavy atom. The molecule has 0 spiro atoms. The third-order valence-corrected chi connectivity index (χ3v) is 3.92. The molecular formula is C21H26N4O3. The Hall–Kier alpha value is -3.22. The van der Waals surface area contributed by atoms with E-state index in [0.29, 0.717) is 30.4 Å². The number of aromatic nitrogens is 2. The number of carbonyl (C=O) groups is 2. The van der Waals surface area contributed by atoms with Crippen molar-refractivity contribution in [1.29, 1.82) is 0 Å². The Morgan fingerprint density at radius 2 is 1.89 bits per heavy atom. The average molecular weight is 382 g/mol. The molecule has 0 unspecified atom stereocenters. The average Bonchev–Trinajstić information content (AvgIpc) is 2.71. The Kier molecular flexibility index (Phi) is 8.14. The second-order valence-corrected chi connectivity index (χ2v) is 6.71. The molecule has 0 aliphatic carbocycles. The lowest BCUT2D eigenvalue weighted by molar-refractivity contribution is -0.134. The zero-order chi connectivity index (χ0) is 20.4. The third kappa shape index (κ3) is 7.19. The number of rotatable bonds is 9. The van der Waals surface area contributed by atoms with Crippen molar-refractivity contribution in [3.05, 3.63) is 60.1 Å². The highest BCUT2D eigenvalue weighted by Gasteiger charge is 2.20. The minimum Gasteiger partial charge on any atom is -0.466 e. The van der Waals surface area contributed by atoms with Crippen molar-refractivity contribution in [3.8, 4) is 0 Å². The number of amides is 1. The number of hydrogen-bond acceptors (Lipinski definition) is 6. The van der Waals surface area contributed by atoms with Gasteiger partial charge >= 0.3 is 5.97 Å². The molecule has 0 aliphatic rings. The van der Waals surface area contributed by atoms with Crippen LogP contribution in [0.1, 0.15) is 31.5 Å². The van der Waals surface area contributed by atoms with Gasteiger partial charge in [0.1, 0.15) is 11.9 Å². The summed E-state index contributed by atoms with van der Waals surface area (Å²) in [5.41, 5.74) is 1.56. The molecule has 1 amide bonds. The van der Waals surface area contributed by atoms with Crippen molar-refractivity contribution in [2.24, 2.45) is 5.92 Å². The monoisotopic (exact) mass is 382 g/mol. The van der Waals surface area contributed by atoms with E-state index in [4.69, 9.17) is 0 Å². The Balaban J connectivity index is 1.99. The molecule has 1 aromatic heterocycles. The van der Waals surface area contributed by atoms with Crippen molar-refractivity contribution < 1.29 is 14.3 Å². The van der Waals surface area contributed by atoms with Gasteiger partial charge in [-0.05, 0) is 24.0 Å². The molecule has 2 aromatic rings. The molecule has 0 fully saturated rings. The lowest BCUT2D eigenvalue weighted by atomic mass is 10.0. The SMILES string of the molecule is COC(=O)/C=C/c1cnc(N[C@H](CC(C)C)C(=O)NCc2ccccc2)cn1. The predicted octanol–water partition coefficient (Wildman–Crippen LogP) is 2.81. The van der Waals surface area contributed by atoms with Crippen molar-refractivity contribution in [1.82, 2.24) is 15.3 Å². The van der Waals surface area contributed by atoms with Crippen LogP contribution in [0.15, 0.2) is 48.8 Å². The number of nitrogens with one attached hydrogen (secondary N) is 2. The maximum atomic E-state index is 12.6. The lowest BCUT2D eigenvalue weighted by Gasteiger charge is -2.20. The van der Waals surface area contributed by atoms with E-state index in [-0.39, 0.29) is 5.91 Å². The lowest BCUT2D eigenvalue weighted by Crippen LogP contribution is -2.40. The normalized spacial score (nSPS) is 12.0. The first-order valence-electron chi connectivity index (χ1n) is 9.14. The number of anilines is 1. The standard InChI is InChI=1S/C21H26N4O3/c1-15(2)11-18(21(27)24-12-16-7-5-4-6-8-16)25-19-14-22-17(13-23-19)9-10-20(26)28-3/h4-10,13-15,18H,11-12H2,1-3H3,(H,23,25)(H,24,27)/b10-9+/t18-/m1/s1. The number of esters is 1. The molecule has 0 saturated carbocycles. The van der Waals surface area contributed by atoms with Gasteiger partial charge in [0.15, 0.2) is 0 Å². The number of carbonyl (C=O) groups excluding carboxylic acids is 2. The molecule has 148 valence electrons. The highest BCUT2D eigenvalue weighted by atomic mass is 16.5. The third-order valence-electron chi connectivity index (χ3n) is 3.92. The fraction of sp³-hybridized carbons (Fsp3) is 0.333. The van der Waals surface area contributed by atoms with Crippen LogP contribution in [0.3, 0.4) is 0 Å². The number of ether oxygens (including phenoxy) is 1. The zero-order valence-corrected chi connectivity index (χ0v) is 16.4. The molecule has 0 radical (unpaired) electrons. The first kappa shape index (κ1) is 21.1. The van der Waals surface area contributed by atoms with Crippen LogP contribution in [0.4, 0.5) is 5.82 Å². The maximum Gasteiger partial charge on any atom is 0.330 e. The van der Waals surface area contributed by atoms with E-state index in [9.17, 15) is 9.59 Å². The van der Waals surface area contributed by atoms with Crippen LogP contribution < -0.4 is 10.6 Å².